The molecule has 15 heavy (non-hydrogen) atoms. The maximum atomic E-state index is 12.5. The highest BCUT2D eigenvalue weighted by atomic mass is 19.4. The molecule has 8 heteroatoms. The first kappa shape index (κ1) is 11.9. The van der Waals surface area contributed by atoms with Crippen LogP contribution in [-0.4, -0.2) is 33.3 Å². The molecule has 0 saturated carbocycles. The van der Waals surface area contributed by atoms with Crippen LogP contribution in [0.15, 0.2) is 12.4 Å². The minimum Gasteiger partial charge on any atom is -0.386 e. The lowest BCUT2D eigenvalue weighted by molar-refractivity contribution is -0.312. The molecule has 0 amide bonds. The molecule has 0 aliphatic rings. The summed E-state index contributed by atoms with van der Waals surface area (Å²) in [6.45, 7) is 0. The molecule has 0 radical (unpaired) electrons. The van der Waals surface area contributed by atoms with Crippen LogP contribution >= 0.6 is 0 Å². The van der Waals surface area contributed by atoms with E-state index in [-0.39, 0.29) is 5.82 Å². The SMILES string of the molecule is OC(Cc1ncc[nH]1)C(F)(F)C(F)(F)F. The van der Waals surface area contributed by atoms with Crippen LogP contribution in [0, 0.1) is 0 Å². The summed E-state index contributed by atoms with van der Waals surface area (Å²) in [5.41, 5.74) is 0. The predicted molar refractivity (Wildman–Crippen MR) is 39.3 cm³/mol. The van der Waals surface area contributed by atoms with Gasteiger partial charge in [0.25, 0.3) is 0 Å². The van der Waals surface area contributed by atoms with Crippen LogP contribution in [0.5, 0.6) is 0 Å². The van der Waals surface area contributed by atoms with Crippen molar-refractivity contribution in [3.63, 3.8) is 0 Å². The summed E-state index contributed by atoms with van der Waals surface area (Å²) in [6, 6.07) is 0. The quantitative estimate of drug-likeness (QED) is 0.773. The Hall–Kier alpha value is -1.18. The van der Waals surface area contributed by atoms with E-state index in [1.165, 1.54) is 12.4 Å². The van der Waals surface area contributed by atoms with Crippen molar-refractivity contribution >= 4 is 0 Å². The fourth-order valence-electron chi connectivity index (χ4n) is 0.910. The number of aromatic amines is 1. The van der Waals surface area contributed by atoms with Crippen LogP contribution in [0.3, 0.4) is 0 Å². The molecule has 0 fully saturated rings. The molecule has 0 bridgehead atoms. The molecule has 1 atom stereocenters. The van der Waals surface area contributed by atoms with Crippen molar-refractivity contribution in [2.45, 2.75) is 24.6 Å². The van der Waals surface area contributed by atoms with Gasteiger partial charge in [0.15, 0.2) is 0 Å². The molecule has 1 aromatic heterocycles. The zero-order valence-electron chi connectivity index (χ0n) is 7.22. The lowest BCUT2D eigenvalue weighted by Gasteiger charge is -2.23. The second kappa shape index (κ2) is 3.76. The number of aromatic nitrogens is 2. The molecule has 1 aromatic rings. The third-order valence-corrected chi connectivity index (χ3v) is 1.74. The van der Waals surface area contributed by atoms with E-state index in [1.54, 1.807) is 0 Å². The van der Waals surface area contributed by atoms with Crippen LogP contribution in [0.2, 0.25) is 0 Å². The lowest BCUT2D eigenvalue weighted by Crippen LogP contribution is -2.48. The Balaban J connectivity index is 2.72. The first-order valence-corrected chi connectivity index (χ1v) is 3.86. The summed E-state index contributed by atoms with van der Waals surface area (Å²) in [5, 5.41) is 8.75. The molecule has 0 aliphatic carbocycles. The number of nitrogens with zero attached hydrogens (tertiary/aromatic N) is 1. The van der Waals surface area contributed by atoms with Crippen LogP contribution in [0.1, 0.15) is 5.82 Å². The maximum Gasteiger partial charge on any atom is 0.456 e. The number of hydrogen-bond donors (Lipinski definition) is 2. The van der Waals surface area contributed by atoms with Gasteiger partial charge in [-0.05, 0) is 0 Å². The van der Waals surface area contributed by atoms with E-state index in [0.717, 1.165) is 0 Å². The van der Waals surface area contributed by atoms with E-state index in [0.29, 0.717) is 0 Å². The Morgan fingerprint density at radius 3 is 2.33 bits per heavy atom. The van der Waals surface area contributed by atoms with Crippen molar-refractivity contribution in [2.24, 2.45) is 0 Å². The average molecular weight is 230 g/mol. The van der Waals surface area contributed by atoms with Crippen molar-refractivity contribution in [2.75, 3.05) is 0 Å². The molecule has 3 nitrogen and oxygen atoms in total. The molecule has 1 rings (SSSR count). The van der Waals surface area contributed by atoms with E-state index >= 15 is 0 Å². The van der Waals surface area contributed by atoms with Gasteiger partial charge in [-0.3, -0.25) is 0 Å². The number of hydrogen-bond acceptors (Lipinski definition) is 2. The minimum atomic E-state index is -5.76. The van der Waals surface area contributed by atoms with E-state index in [9.17, 15) is 22.0 Å². The van der Waals surface area contributed by atoms with Crippen molar-refractivity contribution in [1.82, 2.24) is 9.97 Å². The number of aliphatic hydroxyl groups is 1. The fraction of sp³-hybridized carbons (Fsp3) is 0.571. The third kappa shape index (κ3) is 2.44. The Bertz CT molecular complexity index is 308. The average Bonchev–Trinajstić information content (AvgIpc) is 2.54. The molecule has 0 saturated heterocycles. The van der Waals surface area contributed by atoms with Gasteiger partial charge >= 0.3 is 12.1 Å². The summed E-state index contributed by atoms with van der Waals surface area (Å²) in [6.07, 6.45) is -7.05. The Morgan fingerprint density at radius 1 is 1.33 bits per heavy atom. The highest BCUT2D eigenvalue weighted by Crippen LogP contribution is 2.38. The van der Waals surface area contributed by atoms with Gasteiger partial charge in [-0.1, -0.05) is 0 Å². The van der Waals surface area contributed by atoms with Crippen LogP contribution in [-0.2, 0) is 6.42 Å². The molecule has 0 aromatic carbocycles. The molecular formula is C7H7F5N2O. The molecular weight excluding hydrogens is 223 g/mol. The number of H-pyrrole nitrogens is 1. The van der Waals surface area contributed by atoms with Crippen LogP contribution < -0.4 is 0 Å². The largest absolute Gasteiger partial charge is 0.456 e. The van der Waals surface area contributed by atoms with Gasteiger partial charge in [0.1, 0.15) is 11.9 Å². The zero-order chi connectivity index (χ0) is 11.7. The van der Waals surface area contributed by atoms with Gasteiger partial charge in [-0.15, -0.1) is 0 Å². The third-order valence-electron chi connectivity index (χ3n) is 1.74. The summed E-state index contributed by atoms with van der Waals surface area (Å²) >= 11 is 0. The van der Waals surface area contributed by atoms with E-state index in [2.05, 4.69) is 9.97 Å². The molecule has 0 aliphatic heterocycles. The highest BCUT2D eigenvalue weighted by Gasteiger charge is 2.62. The maximum absolute atomic E-state index is 12.5. The zero-order valence-corrected chi connectivity index (χ0v) is 7.22. The number of alkyl halides is 5. The van der Waals surface area contributed by atoms with E-state index in [4.69, 9.17) is 5.11 Å². The standard InChI is InChI=1S/C7H7F5N2O/c8-6(9,7(10,11)12)4(15)3-5-13-1-2-14-5/h1-2,4,15H,3H2,(H,13,14). The number of nitrogens with one attached hydrogen (secondary N) is 1. The summed E-state index contributed by atoms with van der Waals surface area (Å²) in [5.74, 6) is -5.27. The Labute approximate surface area is 80.9 Å². The summed E-state index contributed by atoms with van der Waals surface area (Å²) in [7, 11) is 0. The van der Waals surface area contributed by atoms with Crippen molar-refractivity contribution in [1.29, 1.82) is 0 Å². The van der Waals surface area contributed by atoms with Gasteiger partial charge in [-0.2, -0.15) is 22.0 Å². The predicted octanol–water partition coefficient (Wildman–Crippen LogP) is 1.51. The number of imidazole rings is 1. The Kier molecular flexibility index (Phi) is 2.98. The normalized spacial score (nSPS) is 15.3. The van der Waals surface area contributed by atoms with Crippen LogP contribution in [0.25, 0.3) is 0 Å². The van der Waals surface area contributed by atoms with Gasteiger partial charge < -0.3 is 10.1 Å². The number of rotatable bonds is 3. The van der Waals surface area contributed by atoms with Gasteiger partial charge in [0.05, 0.1) is 0 Å². The topological polar surface area (TPSA) is 48.9 Å². The van der Waals surface area contributed by atoms with Crippen molar-refractivity contribution in [3.8, 4) is 0 Å². The first-order chi connectivity index (χ1) is 6.75. The van der Waals surface area contributed by atoms with Gasteiger partial charge in [-0.25, -0.2) is 4.98 Å². The van der Waals surface area contributed by atoms with Gasteiger partial charge in [0.2, 0.25) is 0 Å². The van der Waals surface area contributed by atoms with Crippen molar-refractivity contribution in [3.05, 3.63) is 18.2 Å². The summed E-state index contributed by atoms with van der Waals surface area (Å²) in [4.78, 5) is 5.76. The molecule has 1 unspecified atom stereocenters. The molecule has 1 heterocycles. The summed E-state index contributed by atoms with van der Waals surface area (Å²) < 4.78 is 60.3. The minimum absolute atomic E-state index is 0.133. The second-order valence-corrected chi connectivity index (χ2v) is 2.88. The van der Waals surface area contributed by atoms with E-state index < -0.39 is 24.6 Å². The van der Waals surface area contributed by atoms with Crippen LogP contribution in [0.4, 0.5) is 22.0 Å². The first-order valence-electron chi connectivity index (χ1n) is 3.86. The smallest absolute Gasteiger partial charge is 0.386 e. The highest BCUT2D eigenvalue weighted by molar-refractivity contribution is 4.95. The van der Waals surface area contributed by atoms with E-state index in [1.807, 2.05) is 0 Å². The van der Waals surface area contributed by atoms with Crippen molar-refractivity contribution < 1.29 is 27.1 Å². The number of aliphatic hydroxyl groups excluding tert-OH is 1. The lowest BCUT2D eigenvalue weighted by atomic mass is 10.1. The Morgan fingerprint density at radius 2 is 1.93 bits per heavy atom. The molecule has 86 valence electrons. The fourth-order valence-corrected chi connectivity index (χ4v) is 0.910. The monoisotopic (exact) mass is 230 g/mol. The molecule has 0 spiro atoms. The number of halogens is 5. The second-order valence-electron chi connectivity index (χ2n) is 2.88. The van der Waals surface area contributed by atoms with Gasteiger partial charge in [0, 0.05) is 18.8 Å². The molecule has 2 N–H and O–H groups in total.